The number of carbonyl (C=O) groups is 2. The smallest absolute Gasteiger partial charge is 0.342 e. The molecule has 4 rings (SSSR count). The molecule has 0 fully saturated rings. The second kappa shape index (κ2) is 9.07. The molecule has 0 aliphatic carbocycles. The number of anilines is 1. The standard InChI is InChI=1S/C24H22FN5O3/c1-15-13-21(30(27-15)20-11-9-18(25)10-12-20)26-22(31)14-33-24(32)23-16(2)28-29(17(23)3)19-7-5-4-6-8-19/h4-13H,14H2,1-3H3,(H,26,31). The van der Waals surface area contributed by atoms with E-state index in [9.17, 15) is 14.0 Å². The number of ether oxygens (including phenoxy) is 1. The average Bonchev–Trinajstić information content (AvgIpc) is 3.31. The number of esters is 1. The summed E-state index contributed by atoms with van der Waals surface area (Å²) in [7, 11) is 0. The summed E-state index contributed by atoms with van der Waals surface area (Å²) in [6.07, 6.45) is 0. The third kappa shape index (κ3) is 4.67. The maximum absolute atomic E-state index is 13.2. The summed E-state index contributed by atoms with van der Waals surface area (Å²) >= 11 is 0. The molecule has 0 unspecified atom stereocenters. The predicted molar refractivity (Wildman–Crippen MR) is 120 cm³/mol. The van der Waals surface area contributed by atoms with E-state index in [2.05, 4.69) is 15.5 Å². The van der Waals surface area contributed by atoms with Gasteiger partial charge in [0, 0.05) is 6.07 Å². The summed E-state index contributed by atoms with van der Waals surface area (Å²) in [6.45, 7) is 4.77. The molecule has 2 aromatic carbocycles. The molecule has 4 aromatic rings. The predicted octanol–water partition coefficient (Wildman–Crippen LogP) is 3.92. The third-order valence-electron chi connectivity index (χ3n) is 5.00. The van der Waals surface area contributed by atoms with Crippen molar-refractivity contribution in [3.63, 3.8) is 0 Å². The van der Waals surface area contributed by atoms with Gasteiger partial charge in [0.05, 0.1) is 28.5 Å². The third-order valence-corrected chi connectivity index (χ3v) is 5.00. The Balaban J connectivity index is 1.45. The highest BCUT2D eigenvalue weighted by molar-refractivity contribution is 5.96. The van der Waals surface area contributed by atoms with Crippen LogP contribution in [0.25, 0.3) is 11.4 Å². The highest BCUT2D eigenvalue weighted by Gasteiger charge is 2.22. The molecule has 0 spiro atoms. The van der Waals surface area contributed by atoms with Crippen LogP contribution in [0.3, 0.4) is 0 Å². The van der Waals surface area contributed by atoms with Gasteiger partial charge in [0.1, 0.15) is 17.2 Å². The van der Waals surface area contributed by atoms with Gasteiger partial charge in [0.2, 0.25) is 0 Å². The summed E-state index contributed by atoms with van der Waals surface area (Å²) in [5, 5.41) is 11.4. The molecule has 2 heterocycles. The maximum atomic E-state index is 13.2. The van der Waals surface area contributed by atoms with Crippen LogP contribution >= 0.6 is 0 Å². The number of hydrogen-bond donors (Lipinski definition) is 1. The van der Waals surface area contributed by atoms with E-state index in [0.717, 1.165) is 5.69 Å². The van der Waals surface area contributed by atoms with Gasteiger partial charge in [-0.3, -0.25) is 4.79 Å². The molecule has 1 amide bonds. The van der Waals surface area contributed by atoms with Gasteiger partial charge in [0.15, 0.2) is 6.61 Å². The van der Waals surface area contributed by atoms with Gasteiger partial charge < -0.3 is 10.1 Å². The van der Waals surface area contributed by atoms with Crippen molar-refractivity contribution in [1.82, 2.24) is 19.6 Å². The summed E-state index contributed by atoms with van der Waals surface area (Å²) in [4.78, 5) is 25.2. The number of carbonyl (C=O) groups excluding carboxylic acids is 2. The minimum atomic E-state index is -0.634. The number of para-hydroxylation sites is 1. The van der Waals surface area contributed by atoms with Gasteiger partial charge in [-0.05, 0) is 57.2 Å². The van der Waals surface area contributed by atoms with Crippen LogP contribution in [-0.4, -0.2) is 38.0 Å². The Bertz CT molecular complexity index is 1310. The number of nitrogens with zero attached hydrogens (tertiary/aromatic N) is 4. The summed E-state index contributed by atoms with van der Waals surface area (Å²) < 4.78 is 21.6. The zero-order chi connectivity index (χ0) is 23.5. The van der Waals surface area contributed by atoms with E-state index in [-0.39, 0.29) is 5.82 Å². The molecule has 0 atom stereocenters. The first-order chi connectivity index (χ1) is 15.8. The SMILES string of the molecule is Cc1cc(NC(=O)COC(=O)c2c(C)nn(-c3ccccc3)c2C)n(-c2ccc(F)cc2)n1. The van der Waals surface area contributed by atoms with E-state index >= 15 is 0 Å². The Morgan fingerprint density at radius 3 is 2.30 bits per heavy atom. The largest absolute Gasteiger partial charge is 0.452 e. The van der Waals surface area contributed by atoms with Crippen LogP contribution in [0.15, 0.2) is 60.7 Å². The number of hydrogen-bond acceptors (Lipinski definition) is 5. The molecule has 0 saturated heterocycles. The van der Waals surface area contributed by atoms with Gasteiger partial charge in [0.25, 0.3) is 5.91 Å². The van der Waals surface area contributed by atoms with Crippen molar-refractivity contribution < 1.29 is 18.7 Å². The lowest BCUT2D eigenvalue weighted by Gasteiger charge is -2.10. The van der Waals surface area contributed by atoms with Crippen LogP contribution in [0.5, 0.6) is 0 Å². The lowest BCUT2D eigenvalue weighted by molar-refractivity contribution is -0.119. The minimum absolute atomic E-state index is 0.318. The van der Waals surface area contributed by atoms with Gasteiger partial charge in [-0.1, -0.05) is 18.2 Å². The van der Waals surface area contributed by atoms with Crippen molar-refractivity contribution in [3.05, 3.63) is 89.1 Å². The zero-order valence-corrected chi connectivity index (χ0v) is 18.4. The molecule has 0 saturated carbocycles. The van der Waals surface area contributed by atoms with Crippen LogP contribution in [-0.2, 0) is 9.53 Å². The Hall–Kier alpha value is -4.27. The van der Waals surface area contributed by atoms with Crippen molar-refractivity contribution in [2.45, 2.75) is 20.8 Å². The van der Waals surface area contributed by atoms with Crippen molar-refractivity contribution in [2.75, 3.05) is 11.9 Å². The molecule has 1 N–H and O–H groups in total. The van der Waals surface area contributed by atoms with E-state index in [1.54, 1.807) is 43.7 Å². The number of nitrogens with one attached hydrogen (secondary N) is 1. The Morgan fingerprint density at radius 1 is 0.939 bits per heavy atom. The van der Waals surface area contributed by atoms with Crippen LogP contribution in [0.2, 0.25) is 0 Å². The molecule has 8 nitrogen and oxygen atoms in total. The average molecular weight is 447 g/mol. The first-order valence-electron chi connectivity index (χ1n) is 10.2. The molecular formula is C24H22FN5O3. The molecule has 0 aliphatic heterocycles. The lowest BCUT2D eigenvalue weighted by atomic mass is 10.2. The fourth-order valence-electron chi connectivity index (χ4n) is 3.51. The van der Waals surface area contributed by atoms with Gasteiger partial charge in [-0.2, -0.15) is 10.2 Å². The first kappa shape index (κ1) is 21.9. The van der Waals surface area contributed by atoms with Crippen LogP contribution in [0.1, 0.15) is 27.4 Å². The molecule has 2 aromatic heterocycles. The van der Waals surface area contributed by atoms with Gasteiger partial charge in [-0.25, -0.2) is 18.5 Å². The zero-order valence-electron chi connectivity index (χ0n) is 18.4. The van der Waals surface area contributed by atoms with E-state index in [1.807, 2.05) is 30.3 Å². The van der Waals surface area contributed by atoms with E-state index < -0.39 is 18.5 Å². The monoisotopic (exact) mass is 447 g/mol. The molecule has 33 heavy (non-hydrogen) atoms. The molecule has 168 valence electrons. The summed E-state index contributed by atoms with van der Waals surface area (Å²) in [5.74, 6) is -1.16. The van der Waals surface area contributed by atoms with Crippen molar-refractivity contribution >= 4 is 17.7 Å². The number of aromatic nitrogens is 4. The number of amides is 1. The molecule has 0 aliphatic rings. The quantitative estimate of drug-likeness (QED) is 0.453. The highest BCUT2D eigenvalue weighted by Crippen LogP contribution is 2.20. The Labute approximate surface area is 189 Å². The topological polar surface area (TPSA) is 91.0 Å². The Kier molecular flexibility index (Phi) is 6.03. The summed E-state index contributed by atoms with van der Waals surface area (Å²) in [6, 6.07) is 16.8. The molecule has 0 radical (unpaired) electrons. The minimum Gasteiger partial charge on any atom is -0.452 e. The number of halogens is 1. The van der Waals surface area contributed by atoms with Crippen molar-refractivity contribution in [1.29, 1.82) is 0 Å². The fraction of sp³-hybridized carbons (Fsp3) is 0.167. The Morgan fingerprint density at radius 2 is 1.61 bits per heavy atom. The second-order valence-corrected chi connectivity index (χ2v) is 7.48. The van der Waals surface area contributed by atoms with E-state index in [4.69, 9.17) is 4.74 Å². The maximum Gasteiger partial charge on any atom is 0.342 e. The molecule has 0 bridgehead atoms. The number of rotatable bonds is 6. The lowest BCUT2D eigenvalue weighted by Crippen LogP contribution is -2.22. The number of aryl methyl sites for hydroxylation is 2. The molecule has 9 heteroatoms. The van der Waals surface area contributed by atoms with Crippen LogP contribution in [0.4, 0.5) is 10.2 Å². The van der Waals surface area contributed by atoms with Crippen LogP contribution in [0, 0.1) is 26.6 Å². The first-order valence-corrected chi connectivity index (χ1v) is 10.2. The highest BCUT2D eigenvalue weighted by atomic mass is 19.1. The van der Waals surface area contributed by atoms with Crippen molar-refractivity contribution in [3.8, 4) is 11.4 Å². The van der Waals surface area contributed by atoms with Crippen molar-refractivity contribution in [2.24, 2.45) is 0 Å². The van der Waals surface area contributed by atoms with Crippen LogP contribution < -0.4 is 5.32 Å². The molecular weight excluding hydrogens is 425 g/mol. The number of benzene rings is 2. The summed E-state index contributed by atoms with van der Waals surface area (Å²) in [5.41, 5.74) is 3.50. The van der Waals surface area contributed by atoms with E-state index in [0.29, 0.717) is 34.2 Å². The normalized spacial score (nSPS) is 10.8. The second-order valence-electron chi connectivity index (χ2n) is 7.48. The van der Waals surface area contributed by atoms with Gasteiger partial charge in [-0.15, -0.1) is 0 Å². The van der Waals surface area contributed by atoms with E-state index in [1.165, 1.54) is 16.8 Å². The van der Waals surface area contributed by atoms with Gasteiger partial charge >= 0.3 is 5.97 Å². The fourth-order valence-corrected chi connectivity index (χ4v) is 3.51.